The number of likely N-dealkylation sites (N-methyl/N-ethyl adjacent to an activating group) is 1. The molecule has 0 N–H and O–H groups in total. The molecule has 3 aromatic carbocycles. The Hall–Kier alpha value is -5.27. The molecule has 49 heavy (non-hydrogen) atoms. The van der Waals surface area contributed by atoms with E-state index in [1.54, 1.807) is 4.90 Å². The summed E-state index contributed by atoms with van der Waals surface area (Å²) in [6, 6.07) is 22.5. The normalized spacial score (nSPS) is 18.2. The Balaban J connectivity index is 1.24. The van der Waals surface area contributed by atoms with Crippen LogP contribution in [0.5, 0.6) is 6.01 Å². The molecule has 250 valence electrons. The minimum absolute atomic E-state index is 0.152. The second kappa shape index (κ2) is 14.1. The van der Waals surface area contributed by atoms with Gasteiger partial charge in [0.25, 0.3) is 0 Å². The van der Waals surface area contributed by atoms with Crippen LogP contribution in [-0.4, -0.2) is 89.3 Å². The summed E-state index contributed by atoms with van der Waals surface area (Å²) in [5.41, 5.74) is 5.76. The topological polar surface area (TPSA) is 88.3 Å². The molecule has 5 aromatic rings. The third-order valence-electron chi connectivity index (χ3n) is 9.91. The molecule has 0 bridgehead atoms. The average Bonchev–Trinajstić information content (AvgIpc) is 3.54. The van der Waals surface area contributed by atoms with E-state index in [2.05, 4.69) is 71.9 Å². The molecule has 0 unspecified atom stereocenters. The SMILES string of the molecule is [C-]#[N+]C[C@H]1CN(c2nc(OC[C@@H]3CCCN3C)nc3c(C)c(-c4cccc5cccc(C)c45)ncc23)CCN1C(=O)OCc1ccccc1. The Morgan fingerprint density at radius 2 is 1.80 bits per heavy atom. The van der Waals surface area contributed by atoms with Gasteiger partial charge in [0.2, 0.25) is 6.54 Å². The lowest BCUT2D eigenvalue weighted by Gasteiger charge is -2.39. The fourth-order valence-corrected chi connectivity index (χ4v) is 7.20. The lowest BCUT2D eigenvalue weighted by molar-refractivity contribution is 0.0788. The highest BCUT2D eigenvalue weighted by Gasteiger charge is 2.35. The molecule has 4 heterocycles. The monoisotopic (exact) mass is 655 g/mol. The first kappa shape index (κ1) is 32.3. The third kappa shape index (κ3) is 6.59. The minimum atomic E-state index is -0.415. The van der Waals surface area contributed by atoms with E-state index in [4.69, 9.17) is 31.0 Å². The van der Waals surface area contributed by atoms with Gasteiger partial charge in [-0.15, -0.1) is 0 Å². The van der Waals surface area contributed by atoms with E-state index in [1.165, 1.54) is 10.9 Å². The van der Waals surface area contributed by atoms with E-state index < -0.39 is 6.09 Å². The number of carbonyl (C=O) groups excluding carboxylic acids is 1. The van der Waals surface area contributed by atoms with Crippen LogP contribution in [0.25, 0.3) is 37.8 Å². The molecule has 0 aliphatic carbocycles. The van der Waals surface area contributed by atoms with Crippen LogP contribution in [0.15, 0.2) is 72.9 Å². The standard InChI is InChI=1S/C39H41N7O3/c1-26-11-8-14-29-15-9-17-32(34(26)29)35-27(2)36-33(22-41-35)37(43-38(42-36)48-25-30-16-10-18-44(30)4)45-19-20-46(31(23-45)21-40-3)39(47)49-24-28-12-6-5-7-13-28/h5-9,11-15,17,22,30-31H,10,16,18-21,23-25H2,1-2,4H3/t30-,31-/m0/s1. The van der Waals surface area contributed by atoms with Crippen molar-refractivity contribution in [3.8, 4) is 17.3 Å². The number of benzene rings is 3. The molecular weight excluding hydrogens is 614 g/mol. The number of carbonyl (C=O) groups is 1. The Labute approximate surface area is 287 Å². The molecule has 7 rings (SSSR count). The van der Waals surface area contributed by atoms with Gasteiger partial charge < -0.3 is 24.1 Å². The van der Waals surface area contributed by atoms with Crippen molar-refractivity contribution >= 4 is 33.6 Å². The molecule has 0 radical (unpaired) electrons. The molecule has 2 aliphatic heterocycles. The largest absolute Gasteiger partial charge is 0.462 e. The van der Waals surface area contributed by atoms with Gasteiger partial charge in [0.1, 0.15) is 25.1 Å². The predicted molar refractivity (Wildman–Crippen MR) is 192 cm³/mol. The van der Waals surface area contributed by atoms with Gasteiger partial charge >= 0.3 is 12.1 Å². The van der Waals surface area contributed by atoms with Crippen molar-refractivity contribution in [1.29, 1.82) is 0 Å². The number of piperazine rings is 1. The molecule has 0 spiro atoms. The highest BCUT2D eigenvalue weighted by Crippen LogP contribution is 2.37. The number of rotatable bonds is 8. The van der Waals surface area contributed by atoms with Crippen LogP contribution in [0.3, 0.4) is 0 Å². The van der Waals surface area contributed by atoms with Crippen LogP contribution < -0.4 is 9.64 Å². The molecule has 1 amide bonds. The van der Waals surface area contributed by atoms with E-state index in [0.29, 0.717) is 44.1 Å². The van der Waals surface area contributed by atoms with Crippen molar-refractivity contribution in [2.24, 2.45) is 0 Å². The molecular formula is C39H41N7O3. The van der Waals surface area contributed by atoms with Crippen molar-refractivity contribution < 1.29 is 14.3 Å². The molecule has 2 aromatic heterocycles. The summed E-state index contributed by atoms with van der Waals surface area (Å²) in [5.74, 6) is 0.698. The second-order valence-electron chi connectivity index (χ2n) is 13.1. The van der Waals surface area contributed by atoms with Gasteiger partial charge in [-0.05, 0) is 62.2 Å². The number of nitrogens with zero attached hydrogens (tertiary/aromatic N) is 7. The van der Waals surface area contributed by atoms with Gasteiger partial charge in [-0.3, -0.25) is 9.88 Å². The summed E-state index contributed by atoms with van der Waals surface area (Å²) >= 11 is 0. The fourth-order valence-electron chi connectivity index (χ4n) is 7.20. The summed E-state index contributed by atoms with van der Waals surface area (Å²) < 4.78 is 12.0. The molecule has 2 aliphatic rings. The zero-order chi connectivity index (χ0) is 33.9. The van der Waals surface area contributed by atoms with E-state index in [1.807, 2.05) is 36.5 Å². The van der Waals surface area contributed by atoms with Crippen molar-refractivity contribution in [1.82, 2.24) is 24.8 Å². The predicted octanol–water partition coefficient (Wildman–Crippen LogP) is 6.68. The van der Waals surface area contributed by atoms with Crippen molar-refractivity contribution in [2.45, 2.75) is 45.4 Å². The van der Waals surface area contributed by atoms with Gasteiger partial charge in [-0.1, -0.05) is 66.7 Å². The fraction of sp³-hybridized carbons (Fsp3) is 0.359. The van der Waals surface area contributed by atoms with Crippen molar-refractivity contribution in [3.63, 3.8) is 0 Å². The Morgan fingerprint density at radius 3 is 2.57 bits per heavy atom. The third-order valence-corrected chi connectivity index (χ3v) is 9.91. The number of ether oxygens (including phenoxy) is 2. The molecule has 10 nitrogen and oxygen atoms in total. The zero-order valence-electron chi connectivity index (χ0n) is 28.3. The maximum Gasteiger partial charge on any atom is 0.410 e. The van der Waals surface area contributed by atoms with Gasteiger partial charge in [0.05, 0.1) is 16.6 Å². The highest BCUT2D eigenvalue weighted by atomic mass is 16.6. The first-order chi connectivity index (χ1) is 23.9. The zero-order valence-corrected chi connectivity index (χ0v) is 28.3. The van der Waals surface area contributed by atoms with Gasteiger partial charge in [-0.25, -0.2) is 11.4 Å². The number of aryl methyl sites for hydroxylation is 2. The first-order valence-electron chi connectivity index (χ1n) is 17.0. The van der Waals surface area contributed by atoms with Crippen molar-refractivity contribution in [2.75, 3.05) is 51.3 Å². The summed E-state index contributed by atoms with van der Waals surface area (Å²) in [5, 5.41) is 3.15. The molecule has 2 atom stereocenters. The molecule has 10 heteroatoms. The Morgan fingerprint density at radius 1 is 0.980 bits per heavy atom. The summed E-state index contributed by atoms with van der Waals surface area (Å²) in [6.45, 7) is 15.1. The molecule has 2 fully saturated rings. The summed E-state index contributed by atoms with van der Waals surface area (Å²) in [7, 11) is 2.13. The lowest BCUT2D eigenvalue weighted by Crippen LogP contribution is -2.56. The number of pyridine rings is 1. The number of aromatic nitrogens is 3. The number of hydrogen-bond acceptors (Lipinski definition) is 8. The maximum atomic E-state index is 13.3. The van der Waals surface area contributed by atoms with Crippen LogP contribution >= 0.6 is 0 Å². The second-order valence-corrected chi connectivity index (χ2v) is 13.1. The summed E-state index contributed by atoms with van der Waals surface area (Å²) in [6.07, 6.45) is 3.67. The van der Waals surface area contributed by atoms with Crippen LogP contribution in [0.2, 0.25) is 0 Å². The van der Waals surface area contributed by atoms with Crippen LogP contribution in [0.4, 0.5) is 10.6 Å². The number of fused-ring (bicyclic) bond motifs is 2. The number of hydrogen-bond donors (Lipinski definition) is 0. The number of amides is 1. The number of likely N-dealkylation sites (tertiary alicyclic amines) is 1. The first-order valence-corrected chi connectivity index (χ1v) is 17.0. The van der Waals surface area contributed by atoms with E-state index in [-0.39, 0.29) is 19.2 Å². The van der Waals surface area contributed by atoms with Crippen LogP contribution in [0, 0.1) is 20.4 Å². The van der Waals surface area contributed by atoms with E-state index in [0.717, 1.165) is 58.1 Å². The van der Waals surface area contributed by atoms with Crippen LogP contribution in [0.1, 0.15) is 29.5 Å². The minimum Gasteiger partial charge on any atom is -0.462 e. The average molecular weight is 656 g/mol. The van der Waals surface area contributed by atoms with E-state index in [9.17, 15) is 4.79 Å². The lowest BCUT2D eigenvalue weighted by atomic mass is 9.95. The number of anilines is 1. The Kier molecular flexibility index (Phi) is 9.27. The quantitative estimate of drug-likeness (QED) is 0.171. The summed E-state index contributed by atoms with van der Waals surface area (Å²) in [4.78, 5) is 38.1. The van der Waals surface area contributed by atoms with E-state index >= 15 is 0 Å². The van der Waals surface area contributed by atoms with Gasteiger partial charge in [0.15, 0.2) is 0 Å². The van der Waals surface area contributed by atoms with Gasteiger partial charge in [-0.2, -0.15) is 9.97 Å². The molecule has 2 saturated heterocycles. The van der Waals surface area contributed by atoms with Crippen molar-refractivity contribution in [3.05, 3.63) is 101 Å². The molecule has 0 saturated carbocycles. The highest BCUT2D eigenvalue weighted by molar-refractivity contribution is 6.02. The van der Waals surface area contributed by atoms with Crippen LogP contribution in [-0.2, 0) is 11.3 Å². The maximum absolute atomic E-state index is 13.3. The Bertz CT molecular complexity index is 2020. The smallest absolute Gasteiger partial charge is 0.410 e. The van der Waals surface area contributed by atoms with Gasteiger partial charge in [0, 0.05) is 43.0 Å².